The number of carboxylic acids is 1. The minimum Gasteiger partial charge on any atom is -0.548 e. The summed E-state index contributed by atoms with van der Waals surface area (Å²) in [6.07, 6.45) is 0. The molecular weight excluding hydrogens is 338 g/mol. The Kier molecular flexibility index (Phi) is 3.84. The summed E-state index contributed by atoms with van der Waals surface area (Å²) in [6, 6.07) is 4.37. The lowest BCUT2D eigenvalue weighted by Crippen LogP contribution is -2.42. The van der Waals surface area contributed by atoms with Crippen molar-refractivity contribution in [3.63, 3.8) is 0 Å². The van der Waals surface area contributed by atoms with Crippen molar-refractivity contribution in [3.05, 3.63) is 29.6 Å². The topological polar surface area (TPSA) is 125 Å². The fourth-order valence-corrected chi connectivity index (χ4v) is 4.24. The number of aromatic amines is 1. The molecule has 0 radical (unpaired) electrons. The van der Waals surface area contributed by atoms with Gasteiger partial charge in [-0.1, -0.05) is 0 Å². The molecule has 0 spiro atoms. The maximum atomic E-state index is 13.0. The average Bonchev–Trinajstić information content (AvgIpc) is 3.10. The van der Waals surface area contributed by atoms with E-state index in [1.165, 1.54) is 25.1 Å². The van der Waals surface area contributed by atoms with Crippen LogP contribution in [0.4, 0.5) is 5.69 Å². The summed E-state index contributed by atoms with van der Waals surface area (Å²) < 4.78 is 37.1. The molecule has 1 aromatic heterocycles. The maximum absolute atomic E-state index is 13.0. The van der Waals surface area contributed by atoms with Crippen LogP contribution in [0.15, 0.2) is 23.1 Å². The Bertz CT molecular complexity index is 886. The summed E-state index contributed by atoms with van der Waals surface area (Å²) in [7, 11) is -4.16. The smallest absolute Gasteiger partial charge is 0.268 e. The number of hydrogen-bond acceptors (Lipinski definition) is 7. The van der Waals surface area contributed by atoms with Crippen molar-refractivity contribution in [2.24, 2.45) is 0 Å². The molecule has 1 aromatic carbocycles. The molecule has 0 atom stereocenters. The van der Waals surface area contributed by atoms with Crippen molar-refractivity contribution in [1.29, 1.82) is 0 Å². The number of aliphatic carboxylic acids is 1. The van der Waals surface area contributed by atoms with Gasteiger partial charge in [-0.15, -0.1) is 0 Å². The predicted octanol–water partition coefficient (Wildman–Crippen LogP) is -0.300. The third-order valence-corrected chi connectivity index (χ3v) is 5.56. The molecule has 24 heavy (non-hydrogen) atoms. The van der Waals surface area contributed by atoms with Crippen LogP contribution in [0, 0.1) is 13.8 Å². The van der Waals surface area contributed by atoms with E-state index in [0.717, 1.165) is 4.31 Å². The molecule has 10 heteroatoms. The van der Waals surface area contributed by atoms with E-state index in [0.29, 0.717) is 17.2 Å². The maximum Gasteiger partial charge on any atom is 0.268 e. The zero-order valence-electron chi connectivity index (χ0n) is 12.9. The molecular formula is C14H14N3O6S-. The highest BCUT2D eigenvalue weighted by atomic mass is 32.2. The molecule has 1 aliphatic heterocycles. The van der Waals surface area contributed by atoms with Crippen LogP contribution in [-0.2, 0) is 14.8 Å². The molecule has 1 aliphatic rings. The Hall–Kier alpha value is -2.75. The van der Waals surface area contributed by atoms with Crippen molar-refractivity contribution in [2.45, 2.75) is 18.7 Å². The standard InChI is InChI=1S/C14H15N3O6S/c1-8-14(9(2)16-15-8)24(20,21)17(6-13(18)19)10-3-4-11-12(5-10)23-7-22-11/h3-5H,6-7H2,1-2H3,(H,15,16)(H,18,19)/p-1. The Balaban J connectivity index is 2.12. The lowest BCUT2D eigenvalue weighted by Gasteiger charge is -2.25. The number of carbonyl (C=O) groups is 1. The minimum atomic E-state index is -4.16. The second-order valence-electron chi connectivity index (χ2n) is 5.18. The summed E-state index contributed by atoms with van der Waals surface area (Å²) in [6.45, 7) is 2.24. The molecule has 9 nitrogen and oxygen atoms in total. The number of carbonyl (C=O) groups excluding carboxylic acids is 1. The summed E-state index contributed by atoms with van der Waals surface area (Å²) in [5, 5.41) is 17.5. The summed E-state index contributed by atoms with van der Waals surface area (Å²) in [5.74, 6) is -0.734. The van der Waals surface area contributed by atoms with Crippen molar-refractivity contribution < 1.29 is 27.8 Å². The van der Waals surface area contributed by atoms with Gasteiger partial charge >= 0.3 is 0 Å². The van der Waals surface area contributed by atoms with E-state index in [1.54, 1.807) is 6.92 Å². The van der Waals surface area contributed by atoms with Crippen LogP contribution in [0.3, 0.4) is 0 Å². The molecule has 3 rings (SSSR count). The van der Waals surface area contributed by atoms with Gasteiger partial charge in [0.2, 0.25) is 6.79 Å². The van der Waals surface area contributed by atoms with Crippen LogP contribution in [0.5, 0.6) is 11.5 Å². The van der Waals surface area contributed by atoms with Gasteiger partial charge in [-0.05, 0) is 26.0 Å². The lowest BCUT2D eigenvalue weighted by molar-refractivity contribution is -0.303. The molecule has 128 valence electrons. The van der Waals surface area contributed by atoms with Crippen molar-refractivity contribution >= 4 is 21.7 Å². The van der Waals surface area contributed by atoms with Gasteiger partial charge in [-0.3, -0.25) is 9.40 Å². The van der Waals surface area contributed by atoms with Gasteiger partial charge in [-0.25, -0.2) is 8.42 Å². The number of anilines is 1. The van der Waals surface area contributed by atoms with Crippen LogP contribution in [0.1, 0.15) is 11.4 Å². The first kappa shape index (κ1) is 16.1. The monoisotopic (exact) mass is 352 g/mol. The number of nitrogens with zero attached hydrogens (tertiary/aromatic N) is 2. The fourth-order valence-electron chi connectivity index (χ4n) is 2.50. The van der Waals surface area contributed by atoms with E-state index in [2.05, 4.69) is 10.2 Å². The molecule has 2 aromatic rings. The van der Waals surface area contributed by atoms with E-state index < -0.39 is 22.5 Å². The van der Waals surface area contributed by atoms with Gasteiger partial charge in [0.1, 0.15) is 4.90 Å². The number of sulfonamides is 1. The number of hydrogen-bond donors (Lipinski definition) is 1. The molecule has 0 aliphatic carbocycles. The van der Waals surface area contributed by atoms with Gasteiger partial charge in [0.25, 0.3) is 10.0 Å². The van der Waals surface area contributed by atoms with Gasteiger partial charge < -0.3 is 19.4 Å². The van der Waals surface area contributed by atoms with E-state index in [4.69, 9.17) is 9.47 Å². The largest absolute Gasteiger partial charge is 0.548 e. The molecule has 0 saturated carbocycles. The normalized spacial score (nSPS) is 13.1. The Morgan fingerprint density at radius 3 is 2.67 bits per heavy atom. The highest BCUT2D eigenvalue weighted by Gasteiger charge is 2.31. The fraction of sp³-hybridized carbons (Fsp3) is 0.286. The highest BCUT2D eigenvalue weighted by Crippen LogP contribution is 2.37. The van der Waals surface area contributed by atoms with Gasteiger partial charge in [0.05, 0.1) is 29.6 Å². The van der Waals surface area contributed by atoms with Crippen LogP contribution < -0.4 is 18.9 Å². The summed E-state index contributed by atoms with van der Waals surface area (Å²) in [5.41, 5.74) is 0.691. The van der Waals surface area contributed by atoms with Crippen molar-refractivity contribution in [2.75, 3.05) is 17.6 Å². The predicted molar refractivity (Wildman–Crippen MR) is 80.2 cm³/mol. The van der Waals surface area contributed by atoms with Crippen LogP contribution in [-0.4, -0.2) is 37.9 Å². The third-order valence-electron chi connectivity index (χ3n) is 3.53. The van der Waals surface area contributed by atoms with Gasteiger partial charge in [0.15, 0.2) is 11.5 Å². The van der Waals surface area contributed by atoms with E-state index >= 15 is 0 Å². The number of benzene rings is 1. The third kappa shape index (κ3) is 2.64. The van der Waals surface area contributed by atoms with Crippen LogP contribution in [0.25, 0.3) is 0 Å². The Morgan fingerprint density at radius 2 is 2.04 bits per heavy atom. The van der Waals surface area contributed by atoms with Crippen molar-refractivity contribution in [3.8, 4) is 11.5 Å². The molecule has 0 fully saturated rings. The minimum absolute atomic E-state index is 0.0198. The summed E-state index contributed by atoms with van der Waals surface area (Å²) in [4.78, 5) is 11.0. The zero-order valence-corrected chi connectivity index (χ0v) is 13.7. The molecule has 0 saturated heterocycles. The van der Waals surface area contributed by atoms with E-state index in [1.807, 2.05) is 0 Å². The first-order chi connectivity index (χ1) is 11.3. The summed E-state index contributed by atoms with van der Waals surface area (Å²) >= 11 is 0. The lowest BCUT2D eigenvalue weighted by atomic mass is 10.3. The first-order valence-electron chi connectivity index (χ1n) is 6.94. The second-order valence-corrected chi connectivity index (χ2v) is 6.98. The number of ether oxygens (including phenoxy) is 2. The van der Waals surface area contributed by atoms with E-state index in [-0.39, 0.29) is 23.1 Å². The molecule has 1 N–H and O–H groups in total. The molecule has 0 bridgehead atoms. The number of fused-ring (bicyclic) bond motifs is 1. The molecule has 0 amide bonds. The second kappa shape index (κ2) is 5.71. The number of carboxylic acid groups (broad SMARTS) is 1. The van der Waals surface area contributed by atoms with Crippen LogP contribution >= 0.6 is 0 Å². The number of H-pyrrole nitrogens is 1. The molecule has 0 unspecified atom stereocenters. The highest BCUT2D eigenvalue weighted by molar-refractivity contribution is 7.93. The first-order valence-corrected chi connectivity index (χ1v) is 8.38. The van der Waals surface area contributed by atoms with E-state index in [9.17, 15) is 18.3 Å². The Morgan fingerprint density at radius 1 is 1.33 bits per heavy atom. The average molecular weight is 352 g/mol. The van der Waals surface area contributed by atoms with Gasteiger partial charge in [-0.2, -0.15) is 5.10 Å². The number of rotatable bonds is 5. The molecule has 2 heterocycles. The zero-order chi connectivity index (χ0) is 17.5. The number of aromatic nitrogens is 2. The number of aryl methyl sites for hydroxylation is 2. The Labute approximate surface area is 137 Å². The van der Waals surface area contributed by atoms with Crippen LogP contribution in [0.2, 0.25) is 0 Å². The quantitative estimate of drug-likeness (QED) is 0.783. The SMILES string of the molecule is Cc1n[nH]c(C)c1S(=O)(=O)N(CC(=O)[O-])c1ccc2c(c1)OCO2. The van der Waals surface area contributed by atoms with Gasteiger partial charge in [0, 0.05) is 6.07 Å². The number of nitrogens with one attached hydrogen (secondary N) is 1. The van der Waals surface area contributed by atoms with Crippen molar-refractivity contribution in [1.82, 2.24) is 10.2 Å².